The third-order valence-electron chi connectivity index (χ3n) is 5.68. The second kappa shape index (κ2) is 5.92. The molecule has 2 heterocycles. The van der Waals surface area contributed by atoms with Crippen LogP contribution in [-0.4, -0.2) is 55.4 Å². The molecule has 0 saturated carbocycles. The van der Waals surface area contributed by atoms with Gasteiger partial charge in [-0.05, 0) is 6.42 Å². The van der Waals surface area contributed by atoms with Crippen molar-refractivity contribution in [3.63, 3.8) is 0 Å². The standard InChI is InChI=1S/C16H34N2/c1-4-5-6-11-16(17(2)12-7-8-13-17)18(3)14-9-10-15-18/h16H,4-15H2,1-3H3/q+2. The fourth-order valence-electron chi connectivity index (χ4n) is 4.58. The Morgan fingerprint density at radius 2 is 1.22 bits per heavy atom. The summed E-state index contributed by atoms with van der Waals surface area (Å²) in [6.45, 7) is 8.07. The third-order valence-corrected chi connectivity index (χ3v) is 5.68. The van der Waals surface area contributed by atoms with Gasteiger partial charge in [0.05, 0.1) is 46.7 Å². The maximum absolute atomic E-state index is 2.55. The highest BCUT2D eigenvalue weighted by atomic mass is 15.6. The van der Waals surface area contributed by atoms with E-state index in [1.54, 1.807) is 0 Å². The minimum Gasteiger partial charge on any atom is -0.277 e. The van der Waals surface area contributed by atoms with Crippen LogP contribution in [0.1, 0.15) is 58.3 Å². The monoisotopic (exact) mass is 254 g/mol. The first kappa shape index (κ1) is 14.3. The van der Waals surface area contributed by atoms with Crippen LogP contribution in [0, 0.1) is 0 Å². The average Bonchev–Trinajstić information content (AvgIpc) is 2.95. The largest absolute Gasteiger partial charge is 0.277 e. The molecular weight excluding hydrogens is 220 g/mol. The highest BCUT2D eigenvalue weighted by molar-refractivity contribution is 4.62. The molecule has 0 aromatic carbocycles. The molecule has 0 N–H and O–H groups in total. The van der Waals surface area contributed by atoms with Gasteiger partial charge in [0.15, 0.2) is 0 Å². The van der Waals surface area contributed by atoms with Gasteiger partial charge in [0, 0.05) is 25.7 Å². The summed E-state index contributed by atoms with van der Waals surface area (Å²) >= 11 is 0. The minimum atomic E-state index is 0.890. The second-order valence-corrected chi connectivity index (χ2v) is 7.24. The molecule has 106 valence electrons. The van der Waals surface area contributed by atoms with E-state index in [1.807, 2.05) is 0 Å². The van der Waals surface area contributed by atoms with Crippen LogP contribution in [0.15, 0.2) is 0 Å². The van der Waals surface area contributed by atoms with Gasteiger partial charge in [-0.2, -0.15) is 0 Å². The van der Waals surface area contributed by atoms with E-state index in [0.29, 0.717) is 0 Å². The van der Waals surface area contributed by atoms with Crippen molar-refractivity contribution in [3.05, 3.63) is 0 Å². The first-order valence-electron chi connectivity index (χ1n) is 8.29. The molecule has 0 aliphatic carbocycles. The van der Waals surface area contributed by atoms with Gasteiger partial charge in [-0.25, -0.2) is 0 Å². The van der Waals surface area contributed by atoms with Gasteiger partial charge in [0.2, 0.25) is 6.17 Å². The first-order chi connectivity index (χ1) is 8.61. The Bertz CT molecular complexity index is 228. The van der Waals surface area contributed by atoms with Crippen LogP contribution >= 0.6 is 0 Å². The van der Waals surface area contributed by atoms with Gasteiger partial charge in [0.1, 0.15) is 0 Å². The van der Waals surface area contributed by atoms with E-state index in [-0.39, 0.29) is 0 Å². The maximum atomic E-state index is 2.55. The van der Waals surface area contributed by atoms with Crippen LogP contribution in [0.2, 0.25) is 0 Å². The summed E-state index contributed by atoms with van der Waals surface area (Å²) in [7, 11) is 5.09. The van der Waals surface area contributed by atoms with Crippen molar-refractivity contribution in [1.82, 2.24) is 0 Å². The van der Waals surface area contributed by atoms with Gasteiger partial charge in [0.25, 0.3) is 0 Å². The molecule has 2 fully saturated rings. The van der Waals surface area contributed by atoms with Gasteiger partial charge in [-0.1, -0.05) is 19.8 Å². The lowest BCUT2D eigenvalue weighted by molar-refractivity contribution is -1.11. The van der Waals surface area contributed by atoms with Crippen molar-refractivity contribution < 1.29 is 8.97 Å². The molecule has 0 radical (unpaired) electrons. The molecule has 0 aromatic heterocycles. The van der Waals surface area contributed by atoms with Gasteiger partial charge in [-0.15, -0.1) is 0 Å². The topological polar surface area (TPSA) is 0 Å². The molecule has 0 aromatic rings. The first-order valence-corrected chi connectivity index (χ1v) is 8.29. The number of unbranched alkanes of at least 4 members (excludes halogenated alkanes) is 2. The summed E-state index contributed by atoms with van der Waals surface area (Å²) in [6, 6.07) is 0. The predicted molar refractivity (Wildman–Crippen MR) is 78.2 cm³/mol. The maximum Gasteiger partial charge on any atom is 0.216 e. The third kappa shape index (κ3) is 2.91. The summed E-state index contributed by atoms with van der Waals surface area (Å²) in [4.78, 5) is 0. The number of hydrogen-bond donors (Lipinski definition) is 0. The van der Waals surface area contributed by atoms with Gasteiger partial charge >= 0.3 is 0 Å². The molecule has 0 atom stereocenters. The average molecular weight is 254 g/mol. The molecule has 0 spiro atoms. The van der Waals surface area contributed by atoms with Crippen LogP contribution < -0.4 is 0 Å². The molecule has 18 heavy (non-hydrogen) atoms. The molecule has 2 aliphatic heterocycles. The van der Waals surface area contributed by atoms with Crippen molar-refractivity contribution >= 4 is 0 Å². The van der Waals surface area contributed by atoms with Crippen LogP contribution in [0.25, 0.3) is 0 Å². The van der Waals surface area contributed by atoms with Crippen molar-refractivity contribution in [2.75, 3.05) is 40.3 Å². The van der Waals surface area contributed by atoms with E-state index in [9.17, 15) is 0 Å². The lowest BCUT2D eigenvalue weighted by Crippen LogP contribution is -2.65. The molecule has 0 unspecified atom stereocenters. The van der Waals surface area contributed by atoms with Crippen LogP contribution in [0.3, 0.4) is 0 Å². The Balaban J connectivity index is 2.06. The van der Waals surface area contributed by atoms with E-state index < -0.39 is 0 Å². The summed E-state index contributed by atoms with van der Waals surface area (Å²) < 4.78 is 2.75. The lowest BCUT2D eigenvalue weighted by atomic mass is 10.1. The summed E-state index contributed by atoms with van der Waals surface area (Å²) in [5.41, 5.74) is 0. The molecule has 2 aliphatic rings. The fraction of sp³-hybridized carbons (Fsp3) is 1.00. The van der Waals surface area contributed by atoms with Crippen molar-refractivity contribution in [2.45, 2.75) is 64.5 Å². The highest BCUT2D eigenvalue weighted by Crippen LogP contribution is 2.33. The van der Waals surface area contributed by atoms with Gasteiger partial charge < -0.3 is 0 Å². The number of likely N-dealkylation sites (tertiary alicyclic amines) is 2. The Kier molecular flexibility index (Phi) is 4.71. The molecule has 2 saturated heterocycles. The SMILES string of the molecule is CCCCCC([N+]1(C)CCCC1)[N+]1(C)CCCC1. The van der Waals surface area contributed by atoms with E-state index in [0.717, 1.165) is 6.17 Å². The lowest BCUT2D eigenvalue weighted by Gasteiger charge is -2.47. The van der Waals surface area contributed by atoms with E-state index in [1.165, 1.54) is 86.5 Å². The number of nitrogens with zero attached hydrogens (tertiary/aromatic N) is 2. The minimum absolute atomic E-state index is 0.890. The van der Waals surface area contributed by atoms with Crippen molar-refractivity contribution in [1.29, 1.82) is 0 Å². The smallest absolute Gasteiger partial charge is 0.216 e. The Morgan fingerprint density at radius 1 is 0.778 bits per heavy atom. The van der Waals surface area contributed by atoms with Crippen LogP contribution in [-0.2, 0) is 0 Å². The summed E-state index contributed by atoms with van der Waals surface area (Å²) in [5, 5.41) is 0. The predicted octanol–water partition coefficient (Wildman–Crippen LogP) is 3.37. The molecule has 0 amide bonds. The molecular formula is C16H34N2+2. The number of rotatable bonds is 6. The fourth-order valence-corrected chi connectivity index (χ4v) is 4.58. The summed E-state index contributed by atoms with van der Waals surface area (Å²) in [5.74, 6) is 0. The Hall–Kier alpha value is -0.0800. The zero-order valence-corrected chi connectivity index (χ0v) is 13.0. The highest BCUT2D eigenvalue weighted by Gasteiger charge is 2.48. The molecule has 2 nitrogen and oxygen atoms in total. The number of quaternary nitrogens is 2. The Morgan fingerprint density at radius 3 is 1.61 bits per heavy atom. The van der Waals surface area contributed by atoms with Crippen LogP contribution in [0.5, 0.6) is 0 Å². The van der Waals surface area contributed by atoms with Crippen LogP contribution in [0.4, 0.5) is 0 Å². The normalized spacial score (nSPS) is 26.0. The van der Waals surface area contributed by atoms with Gasteiger partial charge in [-0.3, -0.25) is 8.97 Å². The number of hydrogen-bond acceptors (Lipinski definition) is 0. The summed E-state index contributed by atoms with van der Waals surface area (Å²) in [6.07, 6.45) is 12.4. The van der Waals surface area contributed by atoms with E-state index >= 15 is 0 Å². The zero-order valence-electron chi connectivity index (χ0n) is 13.0. The quantitative estimate of drug-likeness (QED) is 0.503. The molecule has 0 bridgehead atoms. The van der Waals surface area contributed by atoms with Crippen molar-refractivity contribution in [2.24, 2.45) is 0 Å². The van der Waals surface area contributed by atoms with Crippen molar-refractivity contribution in [3.8, 4) is 0 Å². The van der Waals surface area contributed by atoms with E-state index in [2.05, 4.69) is 21.0 Å². The van der Waals surface area contributed by atoms with E-state index in [4.69, 9.17) is 0 Å². The molecule has 2 heteroatoms. The Labute approximate surface area is 114 Å². The zero-order chi connectivity index (χ0) is 13.1. The second-order valence-electron chi connectivity index (χ2n) is 7.24. The molecule has 2 rings (SSSR count).